The van der Waals surface area contributed by atoms with Gasteiger partial charge in [0.05, 0.1) is 11.1 Å². The quantitative estimate of drug-likeness (QED) is 0.483. The Morgan fingerprint density at radius 1 is 1.11 bits per heavy atom. The number of aldehydes is 1. The van der Waals surface area contributed by atoms with Crippen LogP contribution in [0, 0.1) is 0 Å². The SMILES string of the molecule is O=Cc1ccccc1OC(=O)c1cccc(Cl)c1. The van der Waals surface area contributed by atoms with Crippen LogP contribution in [0.2, 0.25) is 5.02 Å². The van der Waals surface area contributed by atoms with Crippen molar-refractivity contribution in [2.75, 3.05) is 0 Å². The number of halogens is 1. The van der Waals surface area contributed by atoms with E-state index in [1.807, 2.05) is 0 Å². The molecule has 0 unspecified atom stereocenters. The Balaban J connectivity index is 2.24. The predicted molar refractivity (Wildman–Crippen MR) is 68.2 cm³/mol. The Morgan fingerprint density at radius 3 is 2.61 bits per heavy atom. The first kappa shape index (κ1) is 12.3. The zero-order chi connectivity index (χ0) is 13.0. The van der Waals surface area contributed by atoms with Crippen molar-refractivity contribution in [1.29, 1.82) is 0 Å². The highest BCUT2D eigenvalue weighted by Crippen LogP contribution is 2.18. The zero-order valence-corrected chi connectivity index (χ0v) is 10.1. The second kappa shape index (κ2) is 5.47. The van der Waals surface area contributed by atoms with Crippen molar-refractivity contribution in [3.8, 4) is 5.75 Å². The average Bonchev–Trinajstić information content (AvgIpc) is 2.39. The minimum Gasteiger partial charge on any atom is -0.422 e. The van der Waals surface area contributed by atoms with Gasteiger partial charge in [-0.05, 0) is 30.3 Å². The molecule has 4 heteroatoms. The van der Waals surface area contributed by atoms with Gasteiger partial charge in [0, 0.05) is 5.02 Å². The maximum absolute atomic E-state index is 11.8. The van der Waals surface area contributed by atoms with Gasteiger partial charge >= 0.3 is 5.97 Å². The van der Waals surface area contributed by atoms with Gasteiger partial charge in [0.2, 0.25) is 0 Å². The fourth-order valence-electron chi connectivity index (χ4n) is 1.45. The smallest absolute Gasteiger partial charge is 0.343 e. The summed E-state index contributed by atoms with van der Waals surface area (Å²) in [6.07, 6.45) is 0.639. The van der Waals surface area contributed by atoms with Gasteiger partial charge in [-0.15, -0.1) is 0 Å². The molecule has 0 aliphatic carbocycles. The van der Waals surface area contributed by atoms with Crippen molar-refractivity contribution in [3.05, 3.63) is 64.7 Å². The first-order valence-electron chi connectivity index (χ1n) is 5.22. The lowest BCUT2D eigenvalue weighted by molar-refractivity contribution is 0.0733. The van der Waals surface area contributed by atoms with Crippen molar-refractivity contribution < 1.29 is 14.3 Å². The van der Waals surface area contributed by atoms with E-state index < -0.39 is 5.97 Å². The molecule has 0 fully saturated rings. The van der Waals surface area contributed by atoms with Crippen LogP contribution >= 0.6 is 11.6 Å². The van der Waals surface area contributed by atoms with Gasteiger partial charge in [-0.1, -0.05) is 29.8 Å². The second-order valence-corrected chi connectivity index (χ2v) is 3.99. The molecule has 0 bridgehead atoms. The summed E-state index contributed by atoms with van der Waals surface area (Å²) >= 11 is 5.79. The number of rotatable bonds is 3. The molecule has 18 heavy (non-hydrogen) atoms. The summed E-state index contributed by atoms with van der Waals surface area (Å²) in [6.45, 7) is 0. The number of carbonyl (C=O) groups excluding carboxylic acids is 2. The molecule has 0 N–H and O–H groups in total. The summed E-state index contributed by atoms with van der Waals surface area (Å²) in [5, 5.41) is 0.452. The molecule has 0 saturated carbocycles. The van der Waals surface area contributed by atoms with E-state index in [9.17, 15) is 9.59 Å². The van der Waals surface area contributed by atoms with Gasteiger partial charge in [0.15, 0.2) is 6.29 Å². The molecule has 0 amide bonds. The topological polar surface area (TPSA) is 43.4 Å². The Hall–Kier alpha value is -2.13. The molecule has 0 heterocycles. The van der Waals surface area contributed by atoms with Crippen molar-refractivity contribution >= 4 is 23.9 Å². The number of para-hydroxylation sites is 1. The van der Waals surface area contributed by atoms with Crippen LogP contribution in [0.5, 0.6) is 5.75 Å². The van der Waals surface area contributed by atoms with Crippen LogP contribution in [-0.2, 0) is 0 Å². The molecule has 0 atom stereocenters. The van der Waals surface area contributed by atoms with Gasteiger partial charge in [-0.3, -0.25) is 4.79 Å². The van der Waals surface area contributed by atoms with Crippen molar-refractivity contribution in [3.63, 3.8) is 0 Å². The van der Waals surface area contributed by atoms with E-state index >= 15 is 0 Å². The van der Waals surface area contributed by atoms with E-state index in [1.54, 1.807) is 42.5 Å². The van der Waals surface area contributed by atoms with E-state index in [4.69, 9.17) is 16.3 Å². The molecule has 0 radical (unpaired) electrons. The molecule has 0 spiro atoms. The summed E-state index contributed by atoms with van der Waals surface area (Å²) < 4.78 is 5.15. The Labute approximate surface area is 109 Å². The monoisotopic (exact) mass is 260 g/mol. The summed E-state index contributed by atoms with van der Waals surface area (Å²) in [7, 11) is 0. The number of hydrogen-bond acceptors (Lipinski definition) is 3. The third kappa shape index (κ3) is 2.76. The highest BCUT2D eigenvalue weighted by molar-refractivity contribution is 6.30. The Morgan fingerprint density at radius 2 is 1.89 bits per heavy atom. The number of hydrogen-bond donors (Lipinski definition) is 0. The normalized spacial score (nSPS) is 9.83. The van der Waals surface area contributed by atoms with Gasteiger partial charge in [0.25, 0.3) is 0 Å². The fourth-order valence-corrected chi connectivity index (χ4v) is 1.64. The van der Waals surface area contributed by atoms with Crippen LogP contribution in [0.4, 0.5) is 0 Å². The zero-order valence-electron chi connectivity index (χ0n) is 9.30. The third-order valence-electron chi connectivity index (χ3n) is 2.31. The average molecular weight is 261 g/mol. The second-order valence-electron chi connectivity index (χ2n) is 3.56. The van der Waals surface area contributed by atoms with E-state index in [0.29, 0.717) is 22.4 Å². The minimum atomic E-state index is -0.549. The van der Waals surface area contributed by atoms with E-state index in [1.165, 1.54) is 6.07 Å². The van der Waals surface area contributed by atoms with Crippen LogP contribution in [0.25, 0.3) is 0 Å². The molecule has 0 aliphatic rings. The van der Waals surface area contributed by atoms with Gasteiger partial charge < -0.3 is 4.74 Å². The van der Waals surface area contributed by atoms with E-state index in [0.717, 1.165) is 0 Å². The van der Waals surface area contributed by atoms with Crippen molar-refractivity contribution in [2.24, 2.45) is 0 Å². The highest BCUT2D eigenvalue weighted by atomic mass is 35.5. The lowest BCUT2D eigenvalue weighted by Crippen LogP contribution is -2.09. The van der Waals surface area contributed by atoms with E-state index in [-0.39, 0.29) is 5.75 Å². The van der Waals surface area contributed by atoms with Gasteiger partial charge in [-0.25, -0.2) is 4.79 Å². The molecular weight excluding hydrogens is 252 g/mol. The van der Waals surface area contributed by atoms with Crippen molar-refractivity contribution in [2.45, 2.75) is 0 Å². The molecule has 0 aromatic heterocycles. The van der Waals surface area contributed by atoms with Crippen LogP contribution in [0.15, 0.2) is 48.5 Å². The lowest BCUT2D eigenvalue weighted by Gasteiger charge is -2.06. The molecule has 0 aliphatic heterocycles. The number of esters is 1. The van der Waals surface area contributed by atoms with E-state index in [2.05, 4.69) is 0 Å². The molecule has 0 saturated heterocycles. The number of ether oxygens (including phenoxy) is 1. The molecule has 2 rings (SSSR count). The largest absolute Gasteiger partial charge is 0.422 e. The molecule has 2 aromatic rings. The third-order valence-corrected chi connectivity index (χ3v) is 2.54. The number of carbonyl (C=O) groups is 2. The summed E-state index contributed by atoms with van der Waals surface area (Å²) in [5.74, 6) is -0.315. The molecule has 3 nitrogen and oxygen atoms in total. The Kier molecular flexibility index (Phi) is 3.75. The Bertz CT molecular complexity index is 593. The van der Waals surface area contributed by atoms with Crippen LogP contribution < -0.4 is 4.74 Å². The molecule has 90 valence electrons. The number of benzene rings is 2. The first-order valence-corrected chi connectivity index (χ1v) is 5.60. The van der Waals surface area contributed by atoms with Crippen LogP contribution in [0.3, 0.4) is 0 Å². The fraction of sp³-hybridized carbons (Fsp3) is 0. The predicted octanol–water partition coefficient (Wildman–Crippen LogP) is 3.37. The maximum atomic E-state index is 11.8. The maximum Gasteiger partial charge on any atom is 0.343 e. The van der Waals surface area contributed by atoms with Crippen LogP contribution in [0.1, 0.15) is 20.7 Å². The highest BCUT2D eigenvalue weighted by Gasteiger charge is 2.11. The molecular formula is C14H9ClO3. The first-order chi connectivity index (χ1) is 8.70. The van der Waals surface area contributed by atoms with Gasteiger partial charge in [-0.2, -0.15) is 0 Å². The standard InChI is InChI=1S/C14H9ClO3/c15-12-6-3-5-10(8-12)14(17)18-13-7-2-1-4-11(13)9-16/h1-9H. The lowest BCUT2D eigenvalue weighted by atomic mass is 10.2. The van der Waals surface area contributed by atoms with Gasteiger partial charge in [0.1, 0.15) is 5.75 Å². The summed E-state index contributed by atoms with van der Waals surface area (Å²) in [5.41, 5.74) is 0.663. The van der Waals surface area contributed by atoms with Crippen LogP contribution in [-0.4, -0.2) is 12.3 Å². The van der Waals surface area contributed by atoms with Crippen molar-refractivity contribution in [1.82, 2.24) is 0 Å². The molecule has 2 aromatic carbocycles. The summed E-state index contributed by atoms with van der Waals surface area (Å²) in [4.78, 5) is 22.6. The minimum absolute atomic E-state index is 0.234. The summed E-state index contributed by atoms with van der Waals surface area (Å²) in [6, 6.07) is 12.9.